The molecular weight excluding hydrogens is 274 g/mol. The van der Waals surface area contributed by atoms with Crippen LogP contribution in [0.15, 0.2) is 0 Å². The van der Waals surface area contributed by atoms with Crippen LogP contribution < -0.4 is 0 Å². The molecule has 0 radical (unpaired) electrons. The lowest BCUT2D eigenvalue weighted by molar-refractivity contribution is -0.148. The maximum atomic E-state index is 12.3. The summed E-state index contributed by atoms with van der Waals surface area (Å²) >= 11 is 0. The second-order valence-electron chi connectivity index (χ2n) is 7.55. The molecule has 0 bridgehead atoms. The topological polar surface area (TPSA) is 87.1 Å². The van der Waals surface area contributed by atoms with E-state index in [1.54, 1.807) is 25.7 Å². The third kappa shape index (κ3) is 5.53. The quantitative estimate of drug-likeness (QED) is 0.835. The molecule has 6 nitrogen and oxygen atoms in total. The number of likely N-dealkylation sites (tertiary alicyclic amines) is 1. The fourth-order valence-corrected chi connectivity index (χ4v) is 2.52. The van der Waals surface area contributed by atoms with Gasteiger partial charge in [-0.1, -0.05) is 13.8 Å². The van der Waals surface area contributed by atoms with Gasteiger partial charge in [-0.3, -0.25) is 0 Å². The van der Waals surface area contributed by atoms with Crippen LogP contribution in [0.5, 0.6) is 0 Å². The van der Waals surface area contributed by atoms with Gasteiger partial charge in [-0.25, -0.2) is 9.59 Å². The average Bonchev–Trinajstić information content (AvgIpc) is 2.28. The molecule has 122 valence electrons. The monoisotopic (exact) mass is 301 g/mol. The number of ether oxygens (including phenoxy) is 1. The van der Waals surface area contributed by atoms with E-state index in [1.165, 1.54) is 0 Å². The number of nitrogens with zero attached hydrogens (tertiary/aromatic N) is 1. The van der Waals surface area contributed by atoms with E-state index in [0.29, 0.717) is 13.0 Å². The van der Waals surface area contributed by atoms with Crippen LogP contribution in [-0.2, 0) is 9.53 Å². The maximum Gasteiger partial charge on any atom is 0.410 e. The lowest BCUT2D eigenvalue weighted by Gasteiger charge is -2.44. The summed E-state index contributed by atoms with van der Waals surface area (Å²) < 4.78 is 5.40. The molecule has 1 fully saturated rings. The summed E-state index contributed by atoms with van der Waals surface area (Å²) in [6.07, 6.45) is -0.330. The molecule has 1 heterocycles. The first-order valence-electron chi connectivity index (χ1n) is 7.32. The van der Waals surface area contributed by atoms with Crippen LogP contribution in [0.3, 0.4) is 0 Å². The second-order valence-corrected chi connectivity index (χ2v) is 7.55. The number of carbonyl (C=O) groups is 2. The van der Waals surface area contributed by atoms with Crippen molar-refractivity contribution in [2.45, 2.75) is 71.6 Å². The third-order valence-corrected chi connectivity index (χ3v) is 3.60. The van der Waals surface area contributed by atoms with Crippen LogP contribution in [0.25, 0.3) is 0 Å². The number of carboxylic acid groups (broad SMARTS) is 1. The van der Waals surface area contributed by atoms with Crippen LogP contribution in [0.4, 0.5) is 4.79 Å². The van der Waals surface area contributed by atoms with Gasteiger partial charge in [0, 0.05) is 19.0 Å². The molecule has 6 heteroatoms. The first kappa shape index (κ1) is 17.8. The zero-order chi connectivity index (χ0) is 16.4. The van der Waals surface area contributed by atoms with Crippen molar-refractivity contribution in [3.05, 3.63) is 0 Å². The minimum absolute atomic E-state index is 0.0324. The molecule has 0 aromatic rings. The molecule has 1 aliphatic rings. The molecule has 0 aromatic heterocycles. The SMILES string of the molecule is CC1(C)CCC(CC(O)C(=O)O)N(C(=O)OC(C)(C)C)C1. The Morgan fingerprint density at radius 3 is 2.43 bits per heavy atom. The van der Waals surface area contributed by atoms with E-state index in [2.05, 4.69) is 13.8 Å². The zero-order valence-corrected chi connectivity index (χ0v) is 13.5. The fraction of sp³-hybridized carbons (Fsp3) is 0.867. The third-order valence-electron chi connectivity index (χ3n) is 3.60. The minimum atomic E-state index is -1.46. The smallest absolute Gasteiger partial charge is 0.410 e. The Kier molecular flexibility index (Phi) is 5.25. The van der Waals surface area contributed by atoms with Crippen molar-refractivity contribution in [2.24, 2.45) is 5.41 Å². The van der Waals surface area contributed by atoms with Crippen LogP contribution in [0.1, 0.15) is 53.9 Å². The van der Waals surface area contributed by atoms with E-state index in [4.69, 9.17) is 9.84 Å². The molecule has 2 unspecified atom stereocenters. The predicted octanol–water partition coefficient (Wildman–Crippen LogP) is 2.25. The van der Waals surface area contributed by atoms with Gasteiger partial charge in [0.1, 0.15) is 5.60 Å². The van der Waals surface area contributed by atoms with Gasteiger partial charge in [-0.05, 0) is 39.0 Å². The van der Waals surface area contributed by atoms with Crippen LogP contribution in [0, 0.1) is 5.41 Å². The van der Waals surface area contributed by atoms with Gasteiger partial charge in [0.2, 0.25) is 0 Å². The number of aliphatic carboxylic acids is 1. The number of carbonyl (C=O) groups excluding carboxylic acids is 1. The summed E-state index contributed by atoms with van der Waals surface area (Å²) in [4.78, 5) is 24.7. The number of rotatable bonds is 3. The van der Waals surface area contributed by atoms with E-state index < -0.39 is 23.8 Å². The molecule has 2 atom stereocenters. The molecule has 0 aliphatic carbocycles. The summed E-state index contributed by atoms with van der Waals surface area (Å²) in [5, 5.41) is 18.4. The van der Waals surface area contributed by atoms with E-state index >= 15 is 0 Å². The number of aliphatic hydroxyl groups is 1. The second kappa shape index (κ2) is 6.22. The Morgan fingerprint density at radius 1 is 1.38 bits per heavy atom. The first-order chi connectivity index (χ1) is 9.41. The highest BCUT2D eigenvalue weighted by molar-refractivity contribution is 5.72. The number of amides is 1. The lowest BCUT2D eigenvalue weighted by Crippen LogP contribution is -2.52. The van der Waals surface area contributed by atoms with E-state index in [0.717, 1.165) is 6.42 Å². The van der Waals surface area contributed by atoms with Gasteiger partial charge in [-0.15, -0.1) is 0 Å². The molecule has 1 saturated heterocycles. The predicted molar refractivity (Wildman–Crippen MR) is 78.0 cm³/mol. The van der Waals surface area contributed by atoms with Gasteiger partial charge in [-0.2, -0.15) is 0 Å². The number of hydrogen-bond acceptors (Lipinski definition) is 4. The lowest BCUT2D eigenvalue weighted by atomic mass is 9.80. The van der Waals surface area contributed by atoms with Crippen molar-refractivity contribution in [1.29, 1.82) is 0 Å². The number of aliphatic hydroxyl groups excluding tert-OH is 1. The molecule has 1 rings (SSSR count). The highest BCUT2D eigenvalue weighted by Crippen LogP contribution is 2.34. The summed E-state index contributed by atoms with van der Waals surface area (Å²) in [5.74, 6) is -1.26. The normalized spacial score (nSPS) is 23.5. The Balaban J connectivity index is 2.84. The van der Waals surface area contributed by atoms with Crippen molar-refractivity contribution in [1.82, 2.24) is 4.90 Å². The highest BCUT2D eigenvalue weighted by atomic mass is 16.6. The van der Waals surface area contributed by atoms with Crippen molar-refractivity contribution in [3.8, 4) is 0 Å². The average molecular weight is 301 g/mol. The Morgan fingerprint density at radius 2 is 1.95 bits per heavy atom. The van der Waals surface area contributed by atoms with Crippen molar-refractivity contribution >= 4 is 12.1 Å². The Bertz CT molecular complexity index is 399. The minimum Gasteiger partial charge on any atom is -0.479 e. The van der Waals surface area contributed by atoms with Gasteiger partial charge >= 0.3 is 12.1 Å². The van der Waals surface area contributed by atoms with Gasteiger partial charge in [0.15, 0.2) is 6.10 Å². The van der Waals surface area contributed by atoms with E-state index in [1.807, 2.05) is 0 Å². The van der Waals surface area contributed by atoms with Gasteiger partial charge in [0.05, 0.1) is 0 Å². The molecule has 0 aromatic carbocycles. The summed E-state index contributed by atoms with van der Waals surface area (Å²) in [7, 11) is 0. The van der Waals surface area contributed by atoms with E-state index in [9.17, 15) is 14.7 Å². The summed E-state index contributed by atoms with van der Waals surface area (Å²) in [6.45, 7) is 10.0. The van der Waals surface area contributed by atoms with Crippen molar-refractivity contribution in [2.75, 3.05) is 6.54 Å². The number of carboxylic acids is 1. The van der Waals surface area contributed by atoms with Crippen LogP contribution >= 0.6 is 0 Å². The molecule has 21 heavy (non-hydrogen) atoms. The molecule has 2 N–H and O–H groups in total. The first-order valence-corrected chi connectivity index (χ1v) is 7.32. The Hall–Kier alpha value is -1.30. The molecule has 0 saturated carbocycles. The highest BCUT2D eigenvalue weighted by Gasteiger charge is 2.39. The van der Waals surface area contributed by atoms with E-state index in [-0.39, 0.29) is 17.9 Å². The van der Waals surface area contributed by atoms with Crippen LogP contribution in [0.2, 0.25) is 0 Å². The fourth-order valence-electron chi connectivity index (χ4n) is 2.52. The van der Waals surface area contributed by atoms with Gasteiger partial charge in [0.25, 0.3) is 0 Å². The molecule has 1 amide bonds. The molecular formula is C15H27NO5. The standard InChI is InChI=1S/C15H27NO5/c1-14(2,3)21-13(20)16-9-15(4,5)7-6-10(16)8-11(17)12(18)19/h10-11,17H,6-9H2,1-5H3,(H,18,19). The van der Waals surface area contributed by atoms with Gasteiger partial charge < -0.3 is 19.8 Å². The number of hydrogen-bond donors (Lipinski definition) is 2. The molecule has 0 spiro atoms. The molecule has 1 aliphatic heterocycles. The van der Waals surface area contributed by atoms with Crippen LogP contribution in [-0.4, -0.2) is 51.5 Å². The Labute approximate surface area is 126 Å². The van der Waals surface area contributed by atoms with Crippen molar-refractivity contribution in [3.63, 3.8) is 0 Å². The largest absolute Gasteiger partial charge is 0.479 e. The maximum absolute atomic E-state index is 12.3. The number of piperidine rings is 1. The summed E-state index contributed by atoms with van der Waals surface area (Å²) in [5.41, 5.74) is -0.643. The van der Waals surface area contributed by atoms with Crippen molar-refractivity contribution < 1.29 is 24.5 Å². The summed E-state index contributed by atoms with van der Waals surface area (Å²) in [6, 6.07) is -0.307. The zero-order valence-electron chi connectivity index (χ0n) is 13.5.